The van der Waals surface area contributed by atoms with Crippen molar-refractivity contribution in [2.75, 3.05) is 6.61 Å². The first kappa shape index (κ1) is 16.0. The van der Waals surface area contributed by atoms with Gasteiger partial charge in [-0.2, -0.15) is 0 Å². The van der Waals surface area contributed by atoms with Gasteiger partial charge >= 0.3 is 13.1 Å². The van der Waals surface area contributed by atoms with E-state index in [4.69, 9.17) is 14.0 Å². The lowest BCUT2D eigenvalue weighted by atomic mass is 9.77. The minimum absolute atomic E-state index is 0.332. The molecule has 1 aliphatic heterocycles. The first-order valence-electron chi connectivity index (χ1n) is 7.17. The van der Waals surface area contributed by atoms with Gasteiger partial charge in [0.05, 0.1) is 23.4 Å². The summed E-state index contributed by atoms with van der Waals surface area (Å²) in [5.41, 5.74) is 1.10. The summed E-state index contributed by atoms with van der Waals surface area (Å²) in [5, 5.41) is 0. The molecule has 1 saturated heterocycles. The molecule has 2 rings (SSSR count). The van der Waals surface area contributed by atoms with Gasteiger partial charge in [-0.3, -0.25) is 4.98 Å². The van der Waals surface area contributed by atoms with E-state index >= 15 is 0 Å². The van der Waals surface area contributed by atoms with Crippen LogP contribution in [0, 0.1) is 6.92 Å². The van der Waals surface area contributed by atoms with E-state index in [1.165, 1.54) is 6.20 Å². The minimum atomic E-state index is -0.531. The Kier molecular flexibility index (Phi) is 4.13. The molecule has 5 nitrogen and oxygen atoms in total. The van der Waals surface area contributed by atoms with Crippen molar-refractivity contribution < 1.29 is 18.8 Å². The van der Waals surface area contributed by atoms with Gasteiger partial charge in [-0.1, -0.05) is 0 Å². The van der Waals surface area contributed by atoms with Crippen LogP contribution in [0.4, 0.5) is 0 Å². The van der Waals surface area contributed by atoms with Crippen molar-refractivity contribution in [2.24, 2.45) is 0 Å². The zero-order valence-corrected chi connectivity index (χ0v) is 13.5. The van der Waals surface area contributed by atoms with Crippen molar-refractivity contribution in [3.63, 3.8) is 0 Å². The highest BCUT2D eigenvalue weighted by molar-refractivity contribution is 6.62. The first-order valence-corrected chi connectivity index (χ1v) is 7.17. The maximum Gasteiger partial charge on any atom is 0.496 e. The number of ether oxygens (including phenoxy) is 1. The largest absolute Gasteiger partial charge is 0.496 e. The number of carbonyl (C=O) groups is 1. The molecular formula is C15H22BNO4. The van der Waals surface area contributed by atoms with E-state index in [1.54, 1.807) is 13.0 Å². The van der Waals surface area contributed by atoms with E-state index in [-0.39, 0.29) is 5.97 Å². The summed E-state index contributed by atoms with van der Waals surface area (Å²) in [6.45, 7) is 11.9. The predicted molar refractivity (Wildman–Crippen MR) is 80.6 cm³/mol. The normalized spacial score (nSPS) is 19.6. The van der Waals surface area contributed by atoms with Crippen LogP contribution in [0.3, 0.4) is 0 Å². The topological polar surface area (TPSA) is 57.7 Å². The van der Waals surface area contributed by atoms with Crippen molar-refractivity contribution >= 4 is 18.6 Å². The lowest BCUT2D eigenvalue weighted by Crippen LogP contribution is -2.41. The second-order valence-electron chi connectivity index (χ2n) is 6.21. The van der Waals surface area contributed by atoms with Crippen molar-refractivity contribution in [2.45, 2.75) is 52.7 Å². The Bertz CT molecular complexity index is 541. The molecule has 0 aliphatic carbocycles. The lowest BCUT2D eigenvalue weighted by molar-refractivity contribution is 0.00578. The molecule has 1 aromatic rings. The van der Waals surface area contributed by atoms with Gasteiger partial charge in [0, 0.05) is 17.4 Å². The maximum atomic E-state index is 11.8. The third-order valence-electron chi connectivity index (χ3n) is 4.14. The molecule has 0 bridgehead atoms. The average molecular weight is 291 g/mol. The van der Waals surface area contributed by atoms with Crippen molar-refractivity contribution in [1.82, 2.24) is 4.98 Å². The van der Waals surface area contributed by atoms with Gasteiger partial charge in [0.2, 0.25) is 0 Å². The Morgan fingerprint density at radius 1 is 1.29 bits per heavy atom. The molecule has 1 aromatic heterocycles. The quantitative estimate of drug-likeness (QED) is 0.628. The molecule has 0 unspecified atom stereocenters. The van der Waals surface area contributed by atoms with Crippen LogP contribution < -0.4 is 5.46 Å². The van der Waals surface area contributed by atoms with Gasteiger partial charge in [0.25, 0.3) is 0 Å². The smallest absolute Gasteiger partial charge is 0.462 e. The fourth-order valence-electron chi connectivity index (χ4n) is 2.08. The number of pyridine rings is 1. The summed E-state index contributed by atoms with van der Waals surface area (Å²) in [6.07, 6.45) is 1.52. The van der Waals surface area contributed by atoms with E-state index in [2.05, 4.69) is 4.98 Å². The number of esters is 1. The number of aryl methyl sites for hydroxylation is 1. The Labute approximate surface area is 126 Å². The molecule has 0 saturated carbocycles. The average Bonchev–Trinajstić information content (AvgIpc) is 2.59. The van der Waals surface area contributed by atoms with E-state index in [1.807, 2.05) is 34.6 Å². The summed E-state index contributed by atoms with van der Waals surface area (Å²) in [7, 11) is -0.531. The molecular weight excluding hydrogens is 269 g/mol. The summed E-state index contributed by atoms with van der Waals surface area (Å²) in [5.74, 6) is -0.386. The standard InChI is InChI=1S/C15H22BNO4/c1-7-19-13(18)11-8-12(10(2)17-9-11)16-20-14(3,4)15(5,6)21-16/h8-9H,7H2,1-6H3. The van der Waals surface area contributed by atoms with Crippen LogP contribution >= 0.6 is 0 Å². The molecule has 0 amide bonds. The summed E-state index contributed by atoms with van der Waals surface area (Å²) in [6, 6.07) is 1.74. The Morgan fingerprint density at radius 3 is 2.38 bits per heavy atom. The van der Waals surface area contributed by atoms with Crippen LogP contribution in [0.2, 0.25) is 0 Å². The van der Waals surface area contributed by atoms with E-state index in [0.29, 0.717) is 12.2 Å². The number of hydrogen-bond donors (Lipinski definition) is 0. The Morgan fingerprint density at radius 2 is 1.86 bits per heavy atom. The lowest BCUT2D eigenvalue weighted by Gasteiger charge is -2.32. The Hall–Kier alpha value is -1.40. The molecule has 114 valence electrons. The molecule has 0 atom stereocenters. The summed E-state index contributed by atoms with van der Waals surface area (Å²) < 4.78 is 17.0. The molecule has 1 fully saturated rings. The van der Waals surface area contributed by atoms with Gasteiger partial charge in [-0.05, 0) is 47.6 Å². The van der Waals surface area contributed by atoms with E-state index < -0.39 is 18.3 Å². The van der Waals surface area contributed by atoms with Crippen LogP contribution in [-0.2, 0) is 14.0 Å². The second kappa shape index (κ2) is 5.42. The van der Waals surface area contributed by atoms with E-state index in [9.17, 15) is 4.79 Å². The minimum Gasteiger partial charge on any atom is -0.462 e. The van der Waals surface area contributed by atoms with Gasteiger partial charge < -0.3 is 14.0 Å². The van der Waals surface area contributed by atoms with Gasteiger partial charge in [0.1, 0.15) is 0 Å². The first-order chi connectivity index (χ1) is 9.68. The van der Waals surface area contributed by atoms with Crippen molar-refractivity contribution in [1.29, 1.82) is 0 Å². The highest BCUT2D eigenvalue weighted by Gasteiger charge is 2.52. The third kappa shape index (κ3) is 2.96. The fourth-order valence-corrected chi connectivity index (χ4v) is 2.08. The number of nitrogens with zero attached hydrogens (tertiary/aromatic N) is 1. The zero-order chi connectivity index (χ0) is 15.8. The van der Waals surface area contributed by atoms with Crippen molar-refractivity contribution in [3.8, 4) is 0 Å². The molecule has 0 radical (unpaired) electrons. The van der Waals surface area contributed by atoms with Crippen LogP contribution in [0.15, 0.2) is 12.3 Å². The number of carbonyl (C=O) groups excluding carboxylic acids is 1. The maximum absolute atomic E-state index is 11.8. The molecule has 6 heteroatoms. The molecule has 2 heterocycles. The fraction of sp³-hybridized carbons (Fsp3) is 0.600. The van der Waals surface area contributed by atoms with Crippen LogP contribution in [0.1, 0.15) is 50.7 Å². The highest BCUT2D eigenvalue weighted by Crippen LogP contribution is 2.36. The van der Waals surface area contributed by atoms with Gasteiger partial charge in [-0.15, -0.1) is 0 Å². The monoisotopic (exact) mass is 291 g/mol. The molecule has 0 aromatic carbocycles. The van der Waals surface area contributed by atoms with Gasteiger partial charge in [-0.25, -0.2) is 4.79 Å². The summed E-state index contributed by atoms with van der Waals surface area (Å²) >= 11 is 0. The predicted octanol–water partition coefficient (Wildman–Crippen LogP) is 1.87. The second-order valence-corrected chi connectivity index (χ2v) is 6.21. The molecule has 21 heavy (non-hydrogen) atoms. The number of aromatic nitrogens is 1. The third-order valence-corrected chi connectivity index (χ3v) is 4.14. The summed E-state index contributed by atoms with van der Waals surface area (Å²) in [4.78, 5) is 16.1. The molecule has 1 aliphatic rings. The molecule has 0 spiro atoms. The number of rotatable bonds is 3. The zero-order valence-electron chi connectivity index (χ0n) is 13.5. The van der Waals surface area contributed by atoms with Gasteiger partial charge in [0.15, 0.2) is 0 Å². The van der Waals surface area contributed by atoms with Crippen LogP contribution in [0.5, 0.6) is 0 Å². The molecule has 0 N–H and O–H groups in total. The Balaban J connectivity index is 2.33. The SMILES string of the molecule is CCOC(=O)c1cnc(C)c(B2OC(C)(C)C(C)(C)O2)c1. The van der Waals surface area contributed by atoms with Crippen LogP contribution in [-0.4, -0.2) is 35.9 Å². The van der Waals surface area contributed by atoms with E-state index in [0.717, 1.165) is 11.2 Å². The highest BCUT2D eigenvalue weighted by atomic mass is 16.7. The van der Waals surface area contributed by atoms with Crippen molar-refractivity contribution in [3.05, 3.63) is 23.5 Å². The van der Waals surface area contributed by atoms with Crippen LogP contribution in [0.25, 0.3) is 0 Å². The number of hydrogen-bond acceptors (Lipinski definition) is 5.